The van der Waals surface area contributed by atoms with Crippen molar-refractivity contribution in [2.24, 2.45) is 0 Å². The topological polar surface area (TPSA) is 45.2 Å². The fourth-order valence-electron chi connectivity index (χ4n) is 3.60. The van der Waals surface area contributed by atoms with Crippen molar-refractivity contribution in [1.29, 1.82) is 0 Å². The zero-order valence-electron chi connectivity index (χ0n) is 16.2. The lowest BCUT2D eigenvalue weighted by molar-refractivity contribution is 0.00257. The molecule has 0 radical (unpaired) electrons. The molecule has 1 fully saturated rings. The van der Waals surface area contributed by atoms with Crippen molar-refractivity contribution in [1.82, 2.24) is 9.80 Å². The molecule has 0 bridgehead atoms. The van der Waals surface area contributed by atoms with E-state index in [0.717, 1.165) is 67.4 Å². The van der Waals surface area contributed by atoms with Crippen LogP contribution in [0.25, 0.3) is 0 Å². The predicted molar refractivity (Wildman–Crippen MR) is 104 cm³/mol. The number of benzene rings is 1. The maximum atomic E-state index is 10.8. The molecule has 1 heterocycles. The molecule has 1 saturated heterocycles. The Hall–Kier alpha value is -0.950. The first-order valence-corrected chi connectivity index (χ1v) is 10.0. The molecule has 25 heavy (non-hydrogen) atoms. The van der Waals surface area contributed by atoms with Crippen LogP contribution in [-0.2, 0) is 6.54 Å². The van der Waals surface area contributed by atoms with Gasteiger partial charge in [0.05, 0.1) is 24.7 Å². The molecular weight excluding hydrogens is 336 g/mol. The Morgan fingerprint density at radius 2 is 1.88 bits per heavy atom. The number of thioether (sulfide) groups is 1. The van der Waals surface area contributed by atoms with E-state index >= 15 is 0 Å². The van der Waals surface area contributed by atoms with Crippen LogP contribution in [0.5, 0.6) is 11.5 Å². The number of nitrogens with zero attached hydrogens (tertiary/aromatic N) is 2. The Labute approximate surface area is 156 Å². The Kier molecular flexibility index (Phi) is 7.43. The van der Waals surface area contributed by atoms with Crippen LogP contribution in [0.3, 0.4) is 0 Å². The van der Waals surface area contributed by atoms with Crippen LogP contribution < -0.4 is 9.47 Å². The standard InChI is InChI=1S/C19H32N2O3S/c1-20(2)14-19(22)7-6-9-21(10-8-19)13-15-11-17(24-4)18(25-5)12-16(15)23-3/h11-12,22H,6-10,13-14H2,1-5H3/t19-/m1/s1. The van der Waals surface area contributed by atoms with Gasteiger partial charge in [-0.15, -0.1) is 11.8 Å². The van der Waals surface area contributed by atoms with Gasteiger partial charge in [0, 0.05) is 25.2 Å². The van der Waals surface area contributed by atoms with Crippen molar-refractivity contribution in [3.8, 4) is 11.5 Å². The Morgan fingerprint density at radius 3 is 2.48 bits per heavy atom. The van der Waals surface area contributed by atoms with Crippen LogP contribution >= 0.6 is 11.8 Å². The van der Waals surface area contributed by atoms with E-state index in [4.69, 9.17) is 9.47 Å². The van der Waals surface area contributed by atoms with E-state index in [9.17, 15) is 5.11 Å². The first-order valence-electron chi connectivity index (χ1n) is 8.79. The summed E-state index contributed by atoms with van der Waals surface area (Å²) in [5.74, 6) is 1.79. The van der Waals surface area contributed by atoms with Crippen LogP contribution in [0.2, 0.25) is 0 Å². The van der Waals surface area contributed by atoms with E-state index in [1.54, 1.807) is 26.0 Å². The SMILES string of the molecule is COc1cc(SC)c(OC)cc1CN1CCC[C@](O)(CN(C)C)CC1. The van der Waals surface area contributed by atoms with E-state index in [1.807, 2.05) is 20.4 Å². The molecule has 1 aliphatic rings. The van der Waals surface area contributed by atoms with Gasteiger partial charge in [0.25, 0.3) is 0 Å². The van der Waals surface area contributed by atoms with Gasteiger partial charge in [-0.25, -0.2) is 0 Å². The molecule has 6 heteroatoms. The lowest BCUT2D eigenvalue weighted by Crippen LogP contribution is -2.40. The molecule has 0 amide bonds. The number of ether oxygens (including phenoxy) is 2. The molecular formula is C19H32N2O3S. The fraction of sp³-hybridized carbons (Fsp3) is 0.684. The number of aliphatic hydroxyl groups is 1. The van der Waals surface area contributed by atoms with Crippen molar-refractivity contribution in [3.05, 3.63) is 17.7 Å². The van der Waals surface area contributed by atoms with Gasteiger partial charge in [-0.3, -0.25) is 4.90 Å². The molecule has 142 valence electrons. The van der Waals surface area contributed by atoms with Crippen molar-refractivity contribution in [2.45, 2.75) is 36.3 Å². The highest BCUT2D eigenvalue weighted by atomic mass is 32.2. The minimum absolute atomic E-state index is 0.581. The fourth-order valence-corrected chi connectivity index (χ4v) is 4.16. The quantitative estimate of drug-likeness (QED) is 0.747. The second-order valence-corrected chi connectivity index (χ2v) is 7.96. The first-order chi connectivity index (χ1) is 11.9. The predicted octanol–water partition coefficient (Wildman–Crippen LogP) is 2.70. The molecule has 2 rings (SSSR count). The molecule has 0 spiro atoms. The summed E-state index contributed by atoms with van der Waals surface area (Å²) in [5.41, 5.74) is 0.554. The van der Waals surface area contributed by atoms with Gasteiger partial charge in [0.2, 0.25) is 0 Å². The first kappa shape index (κ1) is 20.4. The van der Waals surface area contributed by atoms with Crippen molar-refractivity contribution in [2.75, 3.05) is 54.2 Å². The second-order valence-electron chi connectivity index (χ2n) is 7.11. The monoisotopic (exact) mass is 368 g/mol. The van der Waals surface area contributed by atoms with Crippen molar-refractivity contribution < 1.29 is 14.6 Å². The van der Waals surface area contributed by atoms with E-state index in [0.29, 0.717) is 0 Å². The van der Waals surface area contributed by atoms with Gasteiger partial charge in [0.1, 0.15) is 11.5 Å². The third-order valence-corrected chi connectivity index (χ3v) is 5.56. The average Bonchev–Trinajstić information content (AvgIpc) is 2.75. The zero-order valence-corrected chi connectivity index (χ0v) is 17.0. The minimum Gasteiger partial charge on any atom is -0.496 e. The number of rotatable bonds is 7. The van der Waals surface area contributed by atoms with Gasteiger partial charge in [0.15, 0.2) is 0 Å². The van der Waals surface area contributed by atoms with E-state index in [1.165, 1.54) is 0 Å². The maximum Gasteiger partial charge on any atom is 0.132 e. The zero-order chi connectivity index (χ0) is 18.4. The average molecular weight is 369 g/mol. The summed E-state index contributed by atoms with van der Waals surface area (Å²) in [4.78, 5) is 5.56. The van der Waals surface area contributed by atoms with Gasteiger partial charge >= 0.3 is 0 Å². The normalized spacial score (nSPS) is 22.0. The molecule has 0 unspecified atom stereocenters. The summed E-state index contributed by atoms with van der Waals surface area (Å²) < 4.78 is 11.1. The Balaban J connectivity index is 2.11. The van der Waals surface area contributed by atoms with Gasteiger partial charge in [-0.2, -0.15) is 0 Å². The van der Waals surface area contributed by atoms with Gasteiger partial charge < -0.3 is 19.5 Å². The number of hydrogen-bond donors (Lipinski definition) is 1. The molecule has 1 N–H and O–H groups in total. The summed E-state index contributed by atoms with van der Waals surface area (Å²) in [6.07, 6.45) is 4.70. The third kappa shape index (κ3) is 5.51. The highest BCUT2D eigenvalue weighted by Gasteiger charge is 2.30. The summed E-state index contributed by atoms with van der Waals surface area (Å²) in [6.45, 7) is 3.41. The molecule has 0 aromatic heterocycles. The lowest BCUT2D eigenvalue weighted by atomic mass is 9.94. The van der Waals surface area contributed by atoms with Crippen molar-refractivity contribution in [3.63, 3.8) is 0 Å². The number of likely N-dealkylation sites (N-methyl/N-ethyl adjacent to an activating group) is 1. The molecule has 0 saturated carbocycles. The molecule has 1 atom stereocenters. The van der Waals surface area contributed by atoms with E-state index in [2.05, 4.69) is 21.9 Å². The van der Waals surface area contributed by atoms with E-state index < -0.39 is 5.60 Å². The molecule has 0 aliphatic carbocycles. The summed E-state index contributed by atoms with van der Waals surface area (Å²) in [6, 6.07) is 4.14. The van der Waals surface area contributed by atoms with Gasteiger partial charge in [-0.05, 0) is 58.3 Å². The van der Waals surface area contributed by atoms with Crippen LogP contribution in [0.1, 0.15) is 24.8 Å². The molecule has 1 aromatic rings. The summed E-state index contributed by atoms with van der Waals surface area (Å²) in [7, 11) is 7.46. The molecule has 5 nitrogen and oxygen atoms in total. The van der Waals surface area contributed by atoms with Crippen LogP contribution in [0.4, 0.5) is 0 Å². The maximum absolute atomic E-state index is 10.8. The van der Waals surface area contributed by atoms with Crippen LogP contribution in [0.15, 0.2) is 17.0 Å². The van der Waals surface area contributed by atoms with Crippen LogP contribution in [-0.4, -0.2) is 74.7 Å². The molecule has 1 aromatic carbocycles. The largest absolute Gasteiger partial charge is 0.496 e. The van der Waals surface area contributed by atoms with Crippen molar-refractivity contribution >= 4 is 11.8 Å². The van der Waals surface area contributed by atoms with E-state index in [-0.39, 0.29) is 0 Å². The highest BCUT2D eigenvalue weighted by Crippen LogP contribution is 2.35. The summed E-state index contributed by atoms with van der Waals surface area (Å²) in [5, 5.41) is 10.8. The number of likely N-dealkylation sites (tertiary alicyclic amines) is 1. The minimum atomic E-state index is -0.581. The summed E-state index contributed by atoms with van der Waals surface area (Å²) >= 11 is 1.66. The highest BCUT2D eigenvalue weighted by molar-refractivity contribution is 7.98. The lowest BCUT2D eigenvalue weighted by Gasteiger charge is -2.30. The smallest absolute Gasteiger partial charge is 0.132 e. The third-order valence-electron chi connectivity index (χ3n) is 4.80. The van der Waals surface area contributed by atoms with Crippen LogP contribution in [0, 0.1) is 0 Å². The second kappa shape index (κ2) is 9.12. The molecule has 1 aliphatic heterocycles. The van der Waals surface area contributed by atoms with Gasteiger partial charge in [-0.1, -0.05) is 0 Å². The number of hydrogen-bond acceptors (Lipinski definition) is 6. The number of methoxy groups -OCH3 is 2. The Morgan fingerprint density at radius 1 is 1.16 bits per heavy atom. The Bertz CT molecular complexity index is 568.